The lowest BCUT2D eigenvalue weighted by atomic mass is 10.1. The lowest BCUT2D eigenvalue weighted by Gasteiger charge is -2.27. The van der Waals surface area contributed by atoms with E-state index in [0.717, 1.165) is 42.7 Å². The third kappa shape index (κ3) is 5.25. The maximum absolute atomic E-state index is 13.3. The second-order valence-corrected chi connectivity index (χ2v) is 9.79. The van der Waals surface area contributed by atoms with Crippen LogP contribution in [0, 0.1) is 0 Å². The molecule has 0 saturated heterocycles. The van der Waals surface area contributed by atoms with Gasteiger partial charge in [0.1, 0.15) is 17.3 Å². The van der Waals surface area contributed by atoms with E-state index in [9.17, 15) is 8.42 Å². The normalized spacial score (nSPS) is 15.6. The highest BCUT2D eigenvalue weighted by Gasteiger charge is 2.36. The van der Waals surface area contributed by atoms with Gasteiger partial charge in [0, 0.05) is 12.0 Å². The van der Waals surface area contributed by atoms with Crippen molar-refractivity contribution in [1.29, 1.82) is 0 Å². The van der Waals surface area contributed by atoms with Gasteiger partial charge in [-0.25, -0.2) is 0 Å². The van der Waals surface area contributed by atoms with Gasteiger partial charge in [-0.05, 0) is 55.0 Å². The topological polar surface area (TPSA) is 68.2 Å². The first-order chi connectivity index (χ1) is 16.5. The van der Waals surface area contributed by atoms with Gasteiger partial charge in [0.25, 0.3) is 10.0 Å². The van der Waals surface area contributed by atoms with E-state index in [4.69, 9.17) is 9.47 Å². The van der Waals surface area contributed by atoms with E-state index in [-0.39, 0.29) is 4.90 Å². The van der Waals surface area contributed by atoms with Crippen LogP contribution in [0.25, 0.3) is 0 Å². The fourth-order valence-electron chi connectivity index (χ4n) is 4.02. The van der Waals surface area contributed by atoms with Gasteiger partial charge in [-0.3, -0.25) is 4.90 Å². The van der Waals surface area contributed by atoms with Crippen molar-refractivity contribution in [1.82, 2.24) is 0 Å². The molecule has 0 radical (unpaired) electrons. The van der Waals surface area contributed by atoms with Crippen LogP contribution >= 0.6 is 0 Å². The zero-order valence-electron chi connectivity index (χ0n) is 19.6. The summed E-state index contributed by atoms with van der Waals surface area (Å²) >= 11 is 0. The Morgan fingerprint density at radius 2 is 1.65 bits per heavy atom. The lowest BCUT2D eigenvalue weighted by Crippen LogP contribution is -2.34. The number of sulfonamides is 1. The predicted molar refractivity (Wildman–Crippen MR) is 135 cm³/mol. The van der Waals surface area contributed by atoms with E-state index in [2.05, 4.69) is 11.3 Å². The number of anilines is 1. The molecule has 0 amide bonds. The van der Waals surface area contributed by atoms with Crippen molar-refractivity contribution in [3.63, 3.8) is 0 Å². The summed E-state index contributed by atoms with van der Waals surface area (Å²) < 4.78 is 42.5. The van der Waals surface area contributed by atoms with Crippen LogP contribution in [0.5, 0.6) is 11.5 Å². The molecule has 3 aromatic rings. The maximum atomic E-state index is 13.3. The summed E-state index contributed by atoms with van der Waals surface area (Å²) in [5.41, 5.74) is 1.69. The second kappa shape index (κ2) is 10.7. The quantitative estimate of drug-likeness (QED) is 0.204. The zero-order chi connectivity index (χ0) is 24.0. The Morgan fingerprint density at radius 3 is 2.35 bits per heavy atom. The average molecular weight is 479 g/mol. The Kier molecular flexibility index (Phi) is 7.53. The van der Waals surface area contributed by atoms with Crippen molar-refractivity contribution < 1.29 is 17.9 Å². The molecule has 0 N–H and O–H groups in total. The van der Waals surface area contributed by atoms with Crippen molar-refractivity contribution in [2.24, 2.45) is 4.40 Å². The molecule has 7 heteroatoms. The van der Waals surface area contributed by atoms with Crippen LogP contribution in [0.1, 0.15) is 50.8 Å². The van der Waals surface area contributed by atoms with Crippen molar-refractivity contribution in [2.45, 2.75) is 50.2 Å². The number of rotatable bonds is 9. The molecule has 1 unspecified atom stereocenters. The fourth-order valence-corrected chi connectivity index (χ4v) is 5.08. The molecule has 0 aromatic heterocycles. The van der Waals surface area contributed by atoms with E-state index in [0.29, 0.717) is 18.0 Å². The number of hydrogen-bond donors (Lipinski definition) is 0. The molecule has 3 aromatic carbocycles. The molecular formula is C27H30N2O4S. The molecule has 0 fully saturated rings. The van der Waals surface area contributed by atoms with Crippen LogP contribution in [0.4, 0.5) is 5.69 Å². The number of amidine groups is 1. The largest absolute Gasteiger partial charge is 0.497 e. The SMILES string of the molecule is CCCCCC/C(=N\S(=O)(=O)c1ccccc1)N1c2ccccc2OC1c1ccc(OC)cc1. The van der Waals surface area contributed by atoms with Gasteiger partial charge in [-0.1, -0.05) is 56.5 Å². The third-order valence-electron chi connectivity index (χ3n) is 5.80. The molecule has 6 nitrogen and oxygen atoms in total. The molecule has 0 bridgehead atoms. The van der Waals surface area contributed by atoms with Gasteiger partial charge in [-0.15, -0.1) is 4.40 Å². The Hall–Kier alpha value is -3.32. The van der Waals surface area contributed by atoms with Crippen molar-refractivity contribution in [2.75, 3.05) is 12.0 Å². The molecule has 0 saturated carbocycles. The number of benzene rings is 3. The predicted octanol–water partition coefficient (Wildman–Crippen LogP) is 6.35. The lowest BCUT2D eigenvalue weighted by molar-refractivity contribution is 0.242. The maximum Gasteiger partial charge on any atom is 0.283 e. The van der Waals surface area contributed by atoms with Crippen LogP contribution in [0.2, 0.25) is 0 Å². The molecule has 34 heavy (non-hydrogen) atoms. The molecule has 1 aliphatic rings. The summed E-state index contributed by atoms with van der Waals surface area (Å²) in [6.45, 7) is 2.15. The van der Waals surface area contributed by atoms with Gasteiger partial charge in [-0.2, -0.15) is 8.42 Å². The highest BCUT2D eigenvalue weighted by Crippen LogP contribution is 2.44. The molecule has 0 aliphatic carbocycles. The first-order valence-corrected chi connectivity index (χ1v) is 13.1. The number of methoxy groups -OCH3 is 1. The van der Waals surface area contributed by atoms with Crippen LogP contribution < -0.4 is 14.4 Å². The minimum atomic E-state index is -3.89. The van der Waals surface area contributed by atoms with Crippen molar-refractivity contribution in [3.8, 4) is 11.5 Å². The minimum absolute atomic E-state index is 0.176. The first-order valence-electron chi connectivity index (χ1n) is 11.6. The minimum Gasteiger partial charge on any atom is -0.497 e. The highest BCUT2D eigenvalue weighted by atomic mass is 32.2. The van der Waals surface area contributed by atoms with Gasteiger partial charge < -0.3 is 9.47 Å². The second-order valence-electron chi connectivity index (χ2n) is 8.19. The van der Waals surface area contributed by atoms with Crippen molar-refractivity contribution in [3.05, 3.63) is 84.4 Å². The number of ether oxygens (including phenoxy) is 2. The fraction of sp³-hybridized carbons (Fsp3) is 0.296. The van der Waals surface area contributed by atoms with E-state index in [1.54, 1.807) is 37.4 Å². The highest BCUT2D eigenvalue weighted by molar-refractivity contribution is 7.90. The van der Waals surface area contributed by atoms with Crippen LogP contribution in [0.15, 0.2) is 88.2 Å². The van der Waals surface area contributed by atoms with Gasteiger partial charge in [0.15, 0.2) is 0 Å². The number of hydrogen-bond acceptors (Lipinski definition) is 4. The van der Waals surface area contributed by atoms with E-state index in [1.807, 2.05) is 53.4 Å². The molecule has 1 atom stereocenters. The van der Waals surface area contributed by atoms with Crippen LogP contribution in [-0.2, 0) is 10.0 Å². The summed E-state index contributed by atoms with van der Waals surface area (Å²) in [5.74, 6) is 1.92. The van der Waals surface area contributed by atoms with Crippen LogP contribution in [0.3, 0.4) is 0 Å². The molecule has 1 aliphatic heterocycles. The summed E-state index contributed by atoms with van der Waals surface area (Å²) in [5, 5.41) is 0. The summed E-state index contributed by atoms with van der Waals surface area (Å²) in [6, 6.07) is 23.6. The number of para-hydroxylation sites is 2. The first kappa shape index (κ1) is 23.8. The van der Waals surface area contributed by atoms with E-state index < -0.39 is 16.3 Å². The number of nitrogens with zero attached hydrogens (tertiary/aromatic N) is 2. The standard InChI is InChI=1S/C27H30N2O4S/c1-3-4-5-9-16-26(28-34(30,31)23-12-7-6-8-13-23)29-24-14-10-11-15-25(24)33-27(29)21-17-19-22(32-2)20-18-21/h6-8,10-15,17-20,27H,3-5,9,16H2,1-2H3/b28-26+. The summed E-state index contributed by atoms with van der Waals surface area (Å²) in [7, 11) is -2.26. The Labute approximate surface area is 201 Å². The monoisotopic (exact) mass is 478 g/mol. The molecular weight excluding hydrogens is 448 g/mol. The van der Waals surface area contributed by atoms with E-state index in [1.165, 1.54) is 0 Å². The molecule has 178 valence electrons. The smallest absolute Gasteiger partial charge is 0.283 e. The van der Waals surface area contributed by atoms with Crippen LogP contribution in [-0.4, -0.2) is 21.4 Å². The van der Waals surface area contributed by atoms with Gasteiger partial charge in [0.2, 0.25) is 6.23 Å². The zero-order valence-corrected chi connectivity index (χ0v) is 20.4. The van der Waals surface area contributed by atoms with Crippen molar-refractivity contribution >= 4 is 21.5 Å². The average Bonchev–Trinajstić information content (AvgIpc) is 3.26. The Morgan fingerprint density at radius 1 is 0.941 bits per heavy atom. The van der Waals surface area contributed by atoms with Gasteiger partial charge >= 0.3 is 0 Å². The Balaban J connectivity index is 1.78. The Bertz CT molecular complexity index is 1220. The summed E-state index contributed by atoms with van der Waals surface area (Å²) in [6.07, 6.45) is 4.03. The molecule has 1 heterocycles. The number of unbranched alkanes of at least 4 members (excludes halogenated alkanes) is 3. The summed E-state index contributed by atoms with van der Waals surface area (Å²) in [4.78, 5) is 2.10. The third-order valence-corrected chi connectivity index (χ3v) is 7.12. The molecule has 4 rings (SSSR count). The van der Waals surface area contributed by atoms with E-state index >= 15 is 0 Å². The van der Waals surface area contributed by atoms with Gasteiger partial charge in [0.05, 0.1) is 17.7 Å². The number of fused-ring (bicyclic) bond motifs is 1. The molecule has 0 spiro atoms.